The van der Waals surface area contributed by atoms with E-state index in [4.69, 9.17) is 18.9 Å². The Bertz CT molecular complexity index is 878. The molecule has 2 N–H and O–H groups in total. The molecule has 1 amide bonds. The summed E-state index contributed by atoms with van der Waals surface area (Å²) in [6, 6.07) is 3.21. The number of hydrogen-bond donors (Lipinski definition) is 2. The highest BCUT2D eigenvalue weighted by atomic mass is 16.5. The highest BCUT2D eigenvalue weighted by Gasteiger charge is 2.24. The van der Waals surface area contributed by atoms with Crippen molar-refractivity contribution in [3.05, 3.63) is 40.2 Å². The largest absolute Gasteiger partial charge is 0.493 e. The summed E-state index contributed by atoms with van der Waals surface area (Å²) in [5.74, 6) is 0.698. The fraction of sp³-hybridized carbons (Fsp3) is 0.429. The molecule has 2 aromatic rings. The normalized spacial score (nSPS) is 11.6. The molecule has 0 fully saturated rings. The average Bonchev–Trinajstić information content (AvgIpc) is 3.00. The molecule has 0 bridgehead atoms. The van der Waals surface area contributed by atoms with Crippen molar-refractivity contribution in [3.8, 4) is 17.2 Å². The van der Waals surface area contributed by atoms with E-state index in [9.17, 15) is 9.59 Å². The Hall–Kier alpha value is -3.16. The maximum Gasteiger partial charge on any atom is 0.340 e. The standard InChI is InChI=1S/C21H28N2O6/c1-8-29-21(25)17-11(2)18(22-13(17)4)20(24)23-12(3)14-9-15(26-5)19(28-7)16(10-14)27-6/h9-10,12,22H,8H2,1-7H3,(H,23,24)/t12-/m0/s1. The van der Waals surface area contributed by atoms with Crippen molar-refractivity contribution >= 4 is 11.9 Å². The molecule has 2 rings (SSSR count). The molecular weight excluding hydrogens is 376 g/mol. The Morgan fingerprint density at radius 3 is 2.14 bits per heavy atom. The lowest BCUT2D eigenvalue weighted by atomic mass is 10.1. The van der Waals surface area contributed by atoms with E-state index in [2.05, 4.69) is 10.3 Å². The number of hydrogen-bond acceptors (Lipinski definition) is 6. The number of methoxy groups -OCH3 is 3. The molecule has 0 aliphatic carbocycles. The zero-order valence-electron chi connectivity index (χ0n) is 17.9. The number of ether oxygens (including phenoxy) is 4. The third kappa shape index (κ3) is 4.47. The average molecular weight is 404 g/mol. The van der Waals surface area contributed by atoms with E-state index in [1.165, 1.54) is 21.3 Å². The van der Waals surface area contributed by atoms with Gasteiger partial charge >= 0.3 is 5.97 Å². The van der Waals surface area contributed by atoms with Gasteiger partial charge in [-0.05, 0) is 51.0 Å². The molecule has 1 aromatic heterocycles. The molecule has 29 heavy (non-hydrogen) atoms. The highest BCUT2D eigenvalue weighted by molar-refractivity contribution is 6.00. The summed E-state index contributed by atoms with van der Waals surface area (Å²) in [5, 5.41) is 2.93. The van der Waals surface area contributed by atoms with Crippen LogP contribution < -0.4 is 19.5 Å². The van der Waals surface area contributed by atoms with Gasteiger partial charge < -0.3 is 29.2 Å². The maximum absolute atomic E-state index is 12.8. The molecule has 0 unspecified atom stereocenters. The Morgan fingerprint density at radius 1 is 1.07 bits per heavy atom. The first-order chi connectivity index (χ1) is 13.8. The topological polar surface area (TPSA) is 98.9 Å². The predicted octanol–water partition coefficient (Wildman–Crippen LogP) is 3.33. The van der Waals surface area contributed by atoms with Crippen molar-refractivity contribution in [2.45, 2.75) is 33.7 Å². The van der Waals surface area contributed by atoms with E-state index in [0.29, 0.717) is 39.8 Å². The zero-order chi connectivity index (χ0) is 21.7. The number of aromatic amines is 1. The quantitative estimate of drug-likeness (QED) is 0.655. The summed E-state index contributed by atoms with van der Waals surface area (Å²) in [6.07, 6.45) is 0. The third-order valence-electron chi connectivity index (χ3n) is 4.68. The Balaban J connectivity index is 2.30. The second-order valence-electron chi connectivity index (χ2n) is 6.50. The number of aromatic nitrogens is 1. The zero-order valence-corrected chi connectivity index (χ0v) is 17.9. The summed E-state index contributed by atoms with van der Waals surface area (Å²) in [5.41, 5.74) is 2.63. The summed E-state index contributed by atoms with van der Waals surface area (Å²) in [6.45, 7) is 7.30. The molecular formula is C21H28N2O6. The van der Waals surface area contributed by atoms with Crippen molar-refractivity contribution in [1.29, 1.82) is 0 Å². The Labute approximate surface area is 170 Å². The summed E-state index contributed by atoms with van der Waals surface area (Å²) in [7, 11) is 4.60. The van der Waals surface area contributed by atoms with Crippen molar-refractivity contribution in [2.75, 3.05) is 27.9 Å². The smallest absolute Gasteiger partial charge is 0.340 e. The number of rotatable bonds is 8. The number of benzene rings is 1. The summed E-state index contributed by atoms with van der Waals surface area (Å²) >= 11 is 0. The summed E-state index contributed by atoms with van der Waals surface area (Å²) < 4.78 is 21.1. The van der Waals surface area contributed by atoms with E-state index >= 15 is 0 Å². The lowest BCUT2D eigenvalue weighted by Gasteiger charge is -2.18. The molecule has 1 aromatic carbocycles. The minimum absolute atomic E-state index is 0.266. The molecule has 0 spiro atoms. The monoisotopic (exact) mass is 404 g/mol. The van der Waals surface area contributed by atoms with E-state index in [0.717, 1.165) is 5.56 Å². The first-order valence-corrected chi connectivity index (χ1v) is 9.25. The van der Waals surface area contributed by atoms with E-state index in [1.54, 1.807) is 32.9 Å². The second-order valence-corrected chi connectivity index (χ2v) is 6.50. The highest BCUT2D eigenvalue weighted by Crippen LogP contribution is 2.39. The van der Waals surface area contributed by atoms with Crippen molar-refractivity contribution in [1.82, 2.24) is 10.3 Å². The van der Waals surface area contributed by atoms with Crippen LogP contribution >= 0.6 is 0 Å². The number of carbonyl (C=O) groups excluding carboxylic acids is 2. The van der Waals surface area contributed by atoms with Crippen LogP contribution in [0.15, 0.2) is 12.1 Å². The van der Waals surface area contributed by atoms with Crippen LogP contribution in [0.5, 0.6) is 17.2 Å². The van der Waals surface area contributed by atoms with Crippen molar-refractivity contribution in [3.63, 3.8) is 0 Å². The van der Waals surface area contributed by atoms with Crippen molar-refractivity contribution < 1.29 is 28.5 Å². The number of H-pyrrole nitrogens is 1. The van der Waals surface area contributed by atoms with Crippen LogP contribution in [0.1, 0.15) is 57.6 Å². The van der Waals surface area contributed by atoms with E-state index < -0.39 is 5.97 Å². The van der Waals surface area contributed by atoms with Crippen molar-refractivity contribution in [2.24, 2.45) is 0 Å². The van der Waals surface area contributed by atoms with Gasteiger partial charge in [0.05, 0.1) is 39.5 Å². The fourth-order valence-electron chi connectivity index (χ4n) is 3.19. The van der Waals surface area contributed by atoms with Crippen LogP contribution in [0, 0.1) is 13.8 Å². The van der Waals surface area contributed by atoms with Crippen LogP contribution in [0.25, 0.3) is 0 Å². The van der Waals surface area contributed by atoms with Gasteiger partial charge in [-0.3, -0.25) is 4.79 Å². The van der Waals surface area contributed by atoms with Crippen LogP contribution in [0.3, 0.4) is 0 Å². The first kappa shape index (κ1) is 22.1. The SMILES string of the molecule is CCOC(=O)c1c(C)[nH]c(C(=O)N[C@@H](C)c2cc(OC)c(OC)c(OC)c2)c1C. The van der Waals surface area contributed by atoms with Gasteiger partial charge in [0, 0.05) is 5.69 Å². The Kier molecular flexibility index (Phi) is 7.14. The van der Waals surface area contributed by atoms with Crippen LogP contribution in [0.2, 0.25) is 0 Å². The molecule has 158 valence electrons. The van der Waals surface area contributed by atoms with Crippen LogP contribution in [-0.2, 0) is 4.74 Å². The molecule has 1 atom stereocenters. The minimum Gasteiger partial charge on any atom is -0.493 e. The minimum atomic E-state index is -0.449. The van der Waals surface area contributed by atoms with Crippen LogP contribution in [0.4, 0.5) is 0 Å². The molecule has 8 nitrogen and oxygen atoms in total. The Morgan fingerprint density at radius 2 is 1.66 bits per heavy atom. The summed E-state index contributed by atoms with van der Waals surface area (Å²) in [4.78, 5) is 28.0. The van der Waals surface area contributed by atoms with Gasteiger partial charge in [-0.25, -0.2) is 4.79 Å². The van der Waals surface area contributed by atoms with Crippen LogP contribution in [-0.4, -0.2) is 44.8 Å². The lowest BCUT2D eigenvalue weighted by molar-refractivity contribution is 0.0525. The molecule has 0 saturated heterocycles. The molecule has 0 aliphatic heterocycles. The first-order valence-electron chi connectivity index (χ1n) is 9.25. The second kappa shape index (κ2) is 9.36. The molecule has 1 heterocycles. The molecule has 0 saturated carbocycles. The van der Waals surface area contributed by atoms with E-state index in [1.807, 2.05) is 6.92 Å². The lowest BCUT2D eigenvalue weighted by Crippen LogP contribution is -2.27. The fourth-order valence-corrected chi connectivity index (χ4v) is 3.19. The molecule has 0 radical (unpaired) electrons. The van der Waals surface area contributed by atoms with Gasteiger partial charge in [0.25, 0.3) is 5.91 Å². The number of esters is 1. The van der Waals surface area contributed by atoms with Gasteiger partial charge in [0.1, 0.15) is 5.69 Å². The number of carbonyl (C=O) groups is 2. The third-order valence-corrected chi connectivity index (χ3v) is 4.68. The van der Waals surface area contributed by atoms with Gasteiger partial charge in [0.15, 0.2) is 11.5 Å². The number of nitrogens with one attached hydrogen (secondary N) is 2. The molecule has 8 heteroatoms. The predicted molar refractivity (Wildman–Crippen MR) is 108 cm³/mol. The number of amides is 1. The molecule has 0 aliphatic rings. The van der Waals surface area contributed by atoms with Gasteiger partial charge in [-0.1, -0.05) is 0 Å². The maximum atomic E-state index is 12.8. The van der Waals surface area contributed by atoms with Gasteiger partial charge in [0.2, 0.25) is 5.75 Å². The van der Waals surface area contributed by atoms with Gasteiger partial charge in [-0.2, -0.15) is 0 Å². The number of aryl methyl sites for hydroxylation is 1. The van der Waals surface area contributed by atoms with E-state index in [-0.39, 0.29) is 18.6 Å². The van der Waals surface area contributed by atoms with Gasteiger partial charge in [-0.15, -0.1) is 0 Å².